The van der Waals surface area contributed by atoms with E-state index in [1.807, 2.05) is 16.8 Å². The van der Waals surface area contributed by atoms with Crippen LogP contribution in [0.1, 0.15) is 6.42 Å². The molecular formula is C23H29N5O5. The number of nitrogens with one attached hydrogen (secondary N) is 3. The fourth-order valence-corrected chi connectivity index (χ4v) is 4.25. The van der Waals surface area contributed by atoms with Gasteiger partial charge in [-0.3, -0.25) is 19.6 Å². The number of fused-ring (bicyclic) bond motifs is 2. The minimum Gasteiger partial charge on any atom is -0.507 e. The number of aliphatic hydroxyl groups excluding tert-OH is 2. The topological polar surface area (TPSA) is 155 Å². The molecule has 0 aliphatic rings. The van der Waals surface area contributed by atoms with Crippen LogP contribution in [0.25, 0.3) is 32.6 Å². The minimum absolute atomic E-state index is 0.0432. The summed E-state index contributed by atoms with van der Waals surface area (Å²) in [6, 6.07) is 6.32. The summed E-state index contributed by atoms with van der Waals surface area (Å²) in [5, 5.41) is 51.1. The van der Waals surface area contributed by atoms with Crippen LogP contribution in [0.4, 0.5) is 0 Å². The Balaban J connectivity index is 1.89. The van der Waals surface area contributed by atoms with Crippen molar-refractivity contribution in [2.24, 2.45) is 4.99 Å². The fraction of sp³-hybridized carbons (Fsp3) is 0.391. The highest BCUT2D eigenvalue weighted by Gasteiger charge is 2.21. The fourth-order valence-electron chi connectivity index (χ4n) is 4.25. The van der Waals surface area contributed by atoms with E-state index in [1.165, 1.54) is 12.1 Å². The van der Waals surface area contributed by atoms with Gasteiger partial charge >= 0.3 is 0 Å². The van der Waals surface area contributed by atoms with Crippen LogP contribution in [-0.4, -0.2) is 76.1 Å². The van der Waals surface area contributed by atoms with Crippen LogP contribution in [0.3, 0.4) is 0 Å². The van der Waals surface area contributed by atoms with E-state index in [-0.39, 0.29) is 40.9 Å². The number of aromatic amines is 1. The third-order valence-corrected chi connectivity index (χ3v) is 5.70. The Hall–Kier alpha value is -3.18. The first-order chi connectivity index (χ1) is 16.1. The molecule has 0 bridgehead atoms. The third-order valence-electron chi connectivity index (χ3n) is 5.70. The average molecular weight is 456 g/mol. The molecule has 0 spiro atoms. The summed E-state index contributed by atoms with van der Waals surface area (Å²) in [5.41, 5.74) is 1.07. The molecule has 10 nitrogen and oxygen atoms in total. The first-order valence-electron chi connectivity index (χ1n) is 11.1. The second-order valence-electron chi connectivity index (χ2n) is 7.86. The summed E-state index contributed by atoms with van der Waals surface area (Å²) in [6.07, 6.45) is 0.782. The zero-order valence-electron chi connectivity index (χ0n) is 18.3. The van der Waals surface area contributed by atoms with Crippen molar-refractivity contribution in [2.75, 3.05) is 45.9 Å². The van der Waals surface area contributed by atoms with Gasteiger partial charge in [-0.05, 0) is 37.2 Å². The third kappa shape index (κ3) is 4.38. The van der Waals surface area contributed by atoms with Gasteiger partial charge in [0, 0.05) is 31.6 Å². The highest BCUT2D eigenvalue weighted by molar-refractivity contribution is 6.23. The van der Waals surface area contributed by atoms with Crippen molar-refractivity contribution in [3.63, 3.8) is 0 Å². The molecule has 0 radical (unpaired) electrons. The number of aliphatic hydroxyl groups is 2. The SMILES string of the molecule is O=c1ccc(O)c2c(O)c3c(=NCCNCCO)ccc4c3c([nH]n4CCCNCCO)c12. The standard InChI is InChI=1S/C23H29N5O5/c29-12-9-24-6-1-11-28-15-3-2-14(26-8-7-25-10-13-30)18-19(15)22(27-28)20-16(31)4-5-17(32)21(20)23(18)33/h2-5,24-25,27,29-30,32-33H,1,6-13H2. The van der Waals surface area contributed by atoms with Crippen LogP contribution in [-0.2, 0) is 6.54 Å². The van der Waals surface area contributed by atoms with Crippen LogP contribution < -0.4 is 21.4 Å². The lowest BCUT2D eigenvalue weighted by molar-refractivity contribution is 0.291. The minimum atomic E-state index is -0.296. The maximum atomic E-state index is 12.8. The highest BCUT2D eigenvalue weighted by Crippen LogP contribution is 2.41. The van der Waals surface area contributed by atoms with E-state index in [2.05, 4.69) is 20.7 Å². The second-order valence-corrected chi connectivity index (χ2v) is 7.86. The molecule has 0 aliphatic carbocycles. The molecule has 0 saturated heterocycles. The van der Waals surface area contributed by atoms with Gasteiger partial charge in [0.05, 0.1) is 52.3 Å². The highest BCUT2D eigenvalue weighted by atomic mass is 16.3. The summed E-state index contributed by atoms with van der Waals surface area (Å²) in [5.74, 6) is -0.342. The van der Waals surface area contributed by atoms with Gasteiger partial charge in [0.15, 0.2) is 5.43 Å². The molecule has 3 aromatic carbocycles. The van der Waals surface area contributed by atoms with Crippen molar-refractivity contribution in [3.8, 4) is 11.5 Å². The largest absolute Gasteiger partial charge is 0.507 e. The van der Waals surface area contributed by atoms with Gasteiger partial charge in [-0.25, -0.2) is 0 Å². The molecule has 7 N–H and O–H groups in total. The normalized spacial score (nSPS) is 12.6. The molecule has 0 fully saturated rings. The second kappa shape index (κ2) is 10.2. The molecule has 4 aromatic rings. The summed E-state index contributed by atoms with van der Waals surface area (Å²) < 4.78 is 1.92. The number of aromatic hydroxyl groups is 2. The maximum absolute atomic E-state index is 12.8. The van der Waals surface area contributed by atoms with E-state index >= 15 is 0 Å². The molecule has 1 aromatic heterocycles. The number of nitrogens with zero attached hydrogens (tertiary/aromatic N) is 2. The zero-order chi connectivity index (χ0) is 23.4. The monoisotopic (exact) mass is 455 g/mol. The molecule has 0 atom stereocenters. The molecule has 10 heteroatoms. The van der Waals surface area contributed by atoms with Gasteiger partial charge in [0.1, 0.15) is 11.5 Å². The van der Waals surface area contributed by atoms with Crippen molar-refractivity contribution in [3.05, 3.63) is 39.8 Å². The summed E-state index contributed by atoms with van der Waals surface area (Å²) in [6.45, 7) is 3.46. The maximum Gasteiger partial charge on any atom is 0.189 e. The van der Waals surface area contributed by atoms with Gasteiger partial charge in [-0.2, -0.15) is 0 Å². The Bertz CT molecular complexity index is 1380. The molecule has 33 heavy (non-hydrogen) atoms. The van der Waals surface area contributed by atoms with Crippen LogP contribution in [0.2, 0.25) is 0 Å². The Morgan fingerprint density at radius 1 is 0.879 bits per heavy atom. The number of hydrogen-bond acceptors (Lipinski definition) is 8. The van der Waals surface area contributed by atoms with E-state index in [0.29, 0.717) is 60.9 Å². The molecule has 0 saturated carbocycles. The number of benzene rings is 3. The lowest BCUT2D eigenvalue weighted by Gasteiger charge is -2.09. The van der Waals surface area contributed by atoms with Crippen LogP contribution >= 0.6 is 0 Å². The quantitative estimate of drug-likeness (QED) is 0.123. The smallest absolute Gasteiger partial charge is 0.189 e. The van der Waals surface area contributed by atoms with Gasteiger partial charge in [0.25, 0.3) is 0 Å². The van der Waals surface area contributed by atoms with E-state index in [1.54, 1.807) is 0 Å². The van der Waals surface area contributed by atoms with E-state index in [9.17, 15) is 15.0 Å². The van der Waals surface area contributed by atoms with Crippen molar-refractivity contribution in [2.45, 2.75) is 13.0 Å². The first kappa shape index (κ1) is 23.0. The van der Waals surface area contributed by atoms with Crippen molar-refractivity contribution < 1.29 is 20.4 Å². The van der Waals surface area contributed by atoms with E-state index in [4.69, 9.17) is 10.2 Å². The van der Waals surface area contributed by atoms with Crippen LogP contribution in [0.15, 0.2) is 34.1 Å². The number of aryl methyl sites for hydroxylation is 1. The van der Waals surface area contributed by atoms with E-state index < -0.39 is 0 Å². The molecule has 4 rings (SSSR count). The van der Waals surface area contributed by atoms with Gasteiger partial charge < -0.3 is 31.1 Å². The van der Waals surface area contributed by atoms with Gasteiger partial charge in [-0.15, -0.1) is 0 Å². The predicted molar refractivity (Wildman–Crippen MR) is 127 cm³/mol. The number of phenols is 2. The number of hydrogen-bond donors (Lipinski definition) is 7. The summed E-state index contributed by atoms with van der Waals surface area (Å²) >= 11 is 0. The molecule has 0 unspecified atom stereocenters. The Morgan fingerprint density at radius 2 is 1.64 bits per heavy atom. The van der Waals surface area contributed by atoms with Crippen molar-refractivity contribution in [1.82, 2.24) is 20.4 Å². The van der Waals surface area contributed by atoms with Crippen LogP contribution in [0, 0.1) is 0 Å². The Kier molecular flexibility index (Phi) is 7.09. The Labute approximate surface area is 189 Å². The first-order valence-corrected chi connectivity index (χ1v) is 11.1. The van der Waals surface area contributed by atoms with Crippen LogP contribution in [0.5, 0.6) is 11.5 Å². The van der Waals surface area contributed by atoms with Crippen molar-refractivity contribution in [1.29, 1.82) is 0 Å². The lowest BCUT2D eigenvalue weighted by Crippen LogP contribution is -2.22. The predicted octanol–water partition coefficient (Wildman–Crippen LogP) is -0.0604. The number of phenolic OH excluding ortho intramolecular Hbond substituents is 2. The van der Waals surface area contributed by atoms with Gasteiger partial charge in [-0.1, -0.05) is 0 Å². The zero-order valence-corrected chi connectivity index (χ0v) is 18.3. The molecule has 176 valence electrons. The molecular weight excluding hydrogens is 426 g/mol. The number of H-pyrrole nitrogens is 1. The van der Waals surface area contributed by atoms with Crippen molar-refractivity contribution >= 4 is 32.6 Å². The Morgan fingerprint density at radius 3 is 2.39 bits per heavy atom. The number of aromatic nitrogens is 2. The summed E-state index contributed by atoms with van der Waals surface area (Å²) in [7, 11) is 0. The van der Waals surface area contributed by atoms with E-state index in [0.717, 1.165) is 11.9 Å². The van der Waals surface area contributed by atoms with Gasteiger partial charge in [0.2, 0.25) is 0 Å². The molecule has 1 heterocycles. The lowest BCUT2D eigenvalue weighted by atomic mass is 9.99. The summed E-state index contributed by atoms with van der Waals surface area (Å²) in [4.78, 5) is 17.4. The molecule has 0 aliphatic heterocycles. The molecule has 0 amide bonds. The average Bonchev–Trinajstić information content (AvgIpc) is 3.17. The number of rotatable bonds is 11.